The number of ether oxygens (including phenoxy) is 6. The zero-order valence-corrected chi connectivity index (χ0v) is 43.2. The van der Waals surface area contributed by atoms with Crippen molar-refractivity contribution in [2.24, 2.45) is 0 Å². The predicted octanol–water partition coefficient (Wildman–Crippen LogP) is 8.91. The number of aliphatic hydroxyl groups excluding tert-OH is 7. The largest absolute Gasteiger partial charge is 0.457 e. The Morgan fingerprint density at radius 2 is 0.929 bits per heavy atom. The van der Waals surface area contributed by atoms with Gasteiger partial charge in [-0.15, -0.1) is 0 Å². The maximum atomic E-state index is 13.0. The molecule has 2 rings (SSSR count). The first-order chi connectivity index (χ1) is 34.1. The van der Waals surface area contributed by atoms with Crippen LogP contribution in [-0.4, -0.2) is 142 Å². The number of carbonyl (C=O) groups is 1. The maximum absolute atomic E-state index is 13.0. The molecule has 70 heavy (non-hydrogen) atoms. The van der Waals surface area contributed by atoms with Crippen molar-refractivity contribution in [1.82, 2.24) is 0 Å². The molecule has 0 aromatic heterocycles. The lowest BCUT2D eigenvalue weighted by Gasteiger charge is -2.42. The average Bonchev–Trinajstić information content (AvgIpc) is 3.36. The third-order valence-electron chi connectivity index (χ3n) is 12.8. The van der Waals surface area contributed by atoms with Crippen LogP contribution >= 0.6 is 0 Å². The van der Waals surface area contributed by atoms with Gasteiger partial charge < -0.3 is 64.2 Å². The number of rotatable bonds is 43. The molecule has 0 aliphatic carbocycles. The van der Waals surface area contributed by atoms with E-state index in [1.165, 1.54) is 89.9 Å². The van der Waals surface area contributed by atoms with Gasteiger partial charge in [0.05, 0.1) is 26.4 Å². The van der Waals surface area contributed by atoms with Crippen LogP contribution in [0.5, 0.6) is 0 Å². The SMILES string of the molecule is CC/C=C\C/C=C\C/C=C\C/C=C\CCCCCCC(=O)OC(COCCCCCCCCCC/C=C\CCCCCCCCC)COC1OC(COC2OC(CO)C(O)C(O)C2O)C(O)C(O)C1O. The summed E-state index contributed by atoms with van der Waals surface area (Å²) < 4.78 is 34.3. The zero-order valence-electron chi connectivity index (χ0n) is 43.2. The van der Waals surface area contributed by atoms with Crippen LogP contribution in [0.25, 0.3) is 0 Å². The van der Waals surface area contributed by atoms with Crippen molar-refractivity contribution < 1.29 is 69.0 Å². The minimum absolute atomic E-state index is 0.0474. The Morgan fingerprint density at radius 1 is 0.486 bits per heavy atom. The van der Waals surface area contributed by atoms with Crippen molar-refractivity contribution in [3.63, 3.8) is 0 Å². The van der Waals surface area contributed by atoms with E-state index in [1.807, 2.05) is 0 Å². The molecule has 2 fully saturated rings. The lowest BCUT2D eigenvalue weighted by atomic mass is 9.98. The molecule has 2 aliphatic rings. The van der Waals surface area contributed by atoms with E-state index in [9.17, 15) is 40.5 Å². The number of allylic oxidation sites excluding steroid dienone is 10. The summed E-state index contributed by atoms with van der Waals surface area (Å²) >= 11 is 0. The molecule has 2 heterocycles. The molecule has 11 unspecified atom stereocenters. The Kier molecular flexibility index (Phi) is 39.3. The summed E-state index contributed by atoms with van der Waals surface area (Å²) in [5, 5.41) is 72.2. The van der Waals surface area contributed by atoms with Crippen molar-refractivity contribution in [1.29, 1.82) is 0 Å². The van der Waals surface area contributed by atoms with Gasteiger partial charge in [-0.2, -0.15) is 0 Å². The first-order valence-electron chi connectivity index (χ1n) is 27.4. The van der Waals surface area contributed by atoms with Gasteiger partial charge in [-0.05, 0) is 77.0 Å². The lowest BCUT2D eigenvalue weighted by molar-refractivity contribution is -0.332. The molecule has 0 radical (unpaired) electrons. The van der Waals surface area contributed by atoms with Gasteiger partial charge in [0.2, 0.25) is 0 Å². The van der Waals surface area contributed by atoms with E-state index in [0.29, 0.717) is 13.0 Å². The van der Waals surface area contributed by atoms with E-state index < -0.39 is 86.7 Å². The maximum Gasteiger partial charge on any atom is 0.306 e. The number of hydrogen-bond acceptors (Lipinski definition) is 14. The minimum atomic E-state index is -1.71. The molecule has 2 saturated heterocycles. The Hall–Kier alpha value is -2.31. The van der Waals surface area contributed by atoms with E-state index in [2.05, 4.69) is 74.6 Å². The Bertz CT molecular complexity index is 1390. The summed E-state index contributed by atoms with van der Waals surface area (Å²) in [6, 6.07) is 0. The second-order valence-electron chi connectivity index (χ2n) is 19.0. The first-order valence-corrected chi connectivity index (χ1v) is 27.4. The first kappa shape index (κ1) is 63.8. The van der Waals surface area contributed by atoms with Crippen LogP contribution in [0, 0.1) is 0 Å². The molecule has 0 spiro atoms. The summed E-state index contributed by atoms with van der Waals surface area (Å²) in [4.78, 5) is 13.0. The molecule has 14 heteroatoms. The molecule has 11 atom stereocenters. The fourth-order valence-corrected chi connectivity index (χ4v) is 8.33. The van der Waals surface area contributed by atoms with Gasteiger partial charge in [-0.1, -0.05) is 164 Å². The number of esters is 1. The minimum Gasteiger partial charge on any atom is -0.457 e. The summed E-state index contributed by atoms with van der Waals surface area (Å²) in [6.45, 7) is 3.53. The Labute approximate surface area is 422 Å². The van der Waals surface area contributed by atoms with E-state index >= 15 is 0 Å². The van der Waals surface area contributed by atoms with Crippen molar-refractivity contribution in [2.45, 2.75) is 255 Å². The highest BCUT2D eigenvalue weighted by molar-refractivity contribution is 5.69. The number of unbranched alkanes of at least 4 members (excludes halogenated alkanes) is 19. The van der Waals surface area contributed by atoms with Gasteiger partial charge in [-0.3, -0.25) is 4.79 Å². The highest BCUT2D eigenvalue weighted by Crippen LogP contribution is 2.26. The molecule has 2 aliphatic heterocycles. The summed E-state index contributed by atoms with van der Waals surface area (Å²) in [5.41, 5.74) is 0. The molecule has 0 saturated carbocycles. The van der Waals surface area contributed by atoms with Gasteiger partial charge in [0.1, 0.15) is 54.9 Å². The molecule has 7 N–H and O–H groups in total. The van der Waals surface area contributed by atoms with Gasteiger partial charge in [0, 0.05) is 13.0 Å². The molecule has 0 amide bonds. The molecule has 0 aromatic carbocycles. The van der Waals surface area contributed by atoms with Crippen LogP contribution in [-0.2, 0) is 33.2 Å². The highest BCUT2D eigenvalue weighted by atomic mass is 16.7. The number of aliphatic hydroxyl groups is 7. The van der Waals surface area contributed by atoms with E-state index in [-0.39, 0.29) is 19.6 Å². The van der Waals surface area contributed by atoms with Crippen molar-refractivity contribution >= 4 is 5.97 Å². The third-order valence-corrected chi connectivity index (χ3v) is 12.8. The van der Waals surface area contributed by atoms with Gasteiger partial charge in [0.15, 0.2) is 12.6 Å². The summed E-state index contributed by atoms with van der Waals surface area (Å²) in [5.74, 6) is -0.401. The highest BCUT2D eigenvalue weighted by Gasteiger charge is 2.47. The van der Waals surface area contributed by atoms with E-state index in [1.54, 1.807) is 0 Å². The van der Waals surface area contributed by atoms with Gasteiger partial charge in [0.25, 0.3) is 0 Å². The fourth-order valence-electron chi connectivity index (χ4n) is 8.33. The molecule has 14 nitrogen and oxygen atoms in total. The van der Waals surface area contributed by atoms with Crippen molar-refractivity contribution in [2.75, 3.05) is 33.0 Å². The summed E-state index contributed by atoms with van der Waals surface area (Å²) in [6.07, 6.45) is 35.6. The van der Waals surface area contributed by atoms with Crippen molar-refractivity contribution in [3.8, 4) is 0 Å². The number of hydrogen-bond donors (Lipinski definition) is 7. The second kappa shape index (κ2) is 43.1. The number of carbonyl (C=O) groups excluding carboxylic acids is 1. The summed E-state index contributed by atoms with van der Waals surface area (Å²) in [7, 11) is 0. The molecule has 0 bridgehead atoms. The quantitative estimate of drug-likeness (QED) is 0.0173. The smallest absolute Gasteiger partial charge is 0.306 e. The second-order valence-corrected chi connectivity index (χ2v) is 19.0. The average molecular weight is 995 g/mol. The lowest BCUT2D eigenvalue weighted by Crippen LogP contribution is -2.61. The van der Waals surface area contributed by atoms with Crippen LogP contribution < -0.4 is 0 Å². The molecule has 406 valence electrons. The Morgan fingerprint density at radius 3 is 1.47 bits per heavy atom. The standard InChI is InChI=1S/C56H98O14/c1-3-5-7-9-11-13-15-17-19-21-22-24-26-28-30-32-34-36-38-40-65-42-45(68-48(58)39-37-35-33-31-29-27-25-23-20-18-16-14-12-10-8-6-4-2)43-66-55-54(64)52(62)50(60)47(70-55)44-67-56-53(63)51(61)49(59)46(41-57)69-56/h6,8,12,14,18-21,25,27,45-47,49-57,59-64H,3-5,7,9-11,13,15-17,22-24,26,28-44H2,1-2H3/b8-6-,14-12-,20-18-,21-19-,27-25-. The van der Waals surface area contributed by atoms with Gasteiger partial charge in [-0.25, -0.2) is 0 Å². The molecule has 0 aromatic rings. The molecular formula is C56H98O14. The van der Waals surface area contributed by atoms with Crippen LogP contribution in [0.3, 0.4) is 0 Å². The van der Waals surface area contributed by atoms with Crippen LogP contribution in [0.15, 0.2) is 60.8 Å². The topological polar surface area (TPSA) is 214 Å². The third kappa shape index (κ3) is 30.0. The van der Waals surface area contributed by atoms with Crippen molar-refractivity contribution in [3.05, 3.63) is 60.8 Å². The normalized spacial score (nSPS) is 26.0. The monoisotopic (exact) mass is 995 g/mol. The van der Waals surface area contributed by atoms with E-state index in [0.717, 1.165) is 70.6 Å². The van der Waals surface area contributed by atoms with Crippen LogP contribution in [0.1, 0.15) is 187 Å². The van der Waals surface area contributed by atoms with Gasteiger partial charge >= 0.3 is 5.97 Å². The van der Waals surface area contributed by atoms with E-state index in [4.69, 9.17) is 28.4 Å². The Balaban J connectivity index is 1.76. The van der Waals surface area contributed by atoms with Crippen LogP contribution in [0.2, 0.25) is 0 Å². The predicted molar refractivity (Wildman–Crippen MR) is 275 cm³/mol. The molecular weight excluding hydrogens is 897 g/mol. The zero-order chi connectivity index (χ0) is 50.9. The fraction of sp³-hybridized carbons (Fsp3) is 0.804. The van der Waals surface area contributed by atoms with Crippen LogP contribution in [0.4, 0.5) is 0 Å².